The Bertz CT molecular complexity index is 581. The highest BCUT2D eigenvalue weighted by Crippen LogP contribution is 2.39. The van der Waals surface area contributed by atoms with Crippen molar-refractivity contribution in [2.45, 2.75) is 19.4 Å². The quantitative estimate of drug-likeness (QED) is 0.528. The lowest BCUT2D eigenvalue weighted by molar-refractivity contribution is 0.604. The molecule has 108 valence electrons. The Morgan fingerprint density at radius 2 is 2.00 bits per heavy atom. The fraction of sp³-hybridized carbons (Fsp3) is 0.286. The monoisotopic (exact) mass is 455 g/mol. The second-order valence-electron chi connectivity index (χ2n) is 4.32. The summed E-state index contributed by atoms with van der Waals surface area (Å²) in [7, 11) is 0. The van der Waals surface area contributed by atoms with Crippen molar-refractivity contribution in [3.8, 4) is 0 Å². The summed E-state index contributed by atoms with van der Waals surface area (Å²) in [6.07, 6.45) is 1.07. The first kappa shape index (κ1) is 16.8. The van der Waals surface area contributed by atoms with Gasteiger partial charge in [0.15, 0.2) is 0 Å². The van der Waals surface area contributed by atoms with Crippen molar-refractivity contribution in [1.82, 2.24) is 5.32 Å². The molecule has 0 saturated carbocycles. The Hall–Kier alpha value is 0.420. The number of benzene rings is 1. The van der Waals surface area contributed by atoms with Crippen molar-refractivity contribution in [2.75, 3.05) is 6.54 Å². The molecule has 2 rings (SSSR count). The molecule has 0 spiro atoms. The fourth-order valence-electron chi connectivity index (χ4n) is 1.89. The lowest BCUT2D eigenvalue weighted by Crippen LogP contribution is -2.22. The summed E-state index contributed by atoms with van der Waals surface area (Å²) >= 11 is 20.9. The second-order valence-corrected chi connectivity index (χ2v) is 8.42. The van der Waals surface area contributed by atoms with Gasteiger partial charge in [-0.15, -0.1) is 11.3 Å². The Morgan fingerprint density at radius 3 is 2.55 bits per heavy atom. The molecule has 0 radical (unpaired) electrons. The van der Waals surface area contributed by atoms with Gasteiger partial charge in [-0.25, -0.2) is 0 Å². The summed E-state index contributed by atoms with van der Waals surface area (Å²) in [6, 6.07) is 7.98. The van der Waals surface area contributed by atoms with E-state index < -0.39 is 0 Å². The van der Waals surface area contributed by atoms with Crippen LogP contribution in [0.3, 0.4) is 0 Å². The van der Waals surface area contributed by atoms with Crippen LogP contribution in [0.1, 0.15) is 29.8 Å². The van der Waals surface area contributed by atoms with Gasteiger partial charge < -0.3 is 5.32 Å². The Labute approximate surface area is 149 Å². The van der Waals surface area contributed by atoms with Crippen molar-refractivity contribution in [3.63, 3.8) is 0 Å². The zero-order valence-corrected chi connectivity index (χ0v) is 16.2. The second kappa shape index (κ2) is 7.61. The molecule has 0 saturated heterocycles. The standard InChI is InChI=1S/C14H13Br2Cl2NS/c1-2-5-19-13(12-7-11(18)14(16)20-12)9-4-3-8(17)6-10(9)15/h3-4,6-7,13,19H,2,5H2,1H3. The third-order valence-electron chi connectivity index (χ3n) is 2.82. The summed E-state index contributed by atoms with van der Waals surface area (Å²) in [5, 5.41) is 5.03. The van der Waals surface area contributed by atoms with Gasteiger partial charge in [-0.2, -0.15) is 0 Å². The Kier molecular flexibility index (Phi) is 6.39. The van der Waals surface area contributed by atoms with E-state index in [0.717, 1.165) is 36.8 Å². The van der Waals surface area contributed by atoms with Gasteiger partial charge in [-0.05, 0) is 52.7 Å². The third kappa shape index (κ3) is 3.99. The van der Waals surface area contributed by atoms with Gasteiger partial charge in [0.2, 0.25) is 0 Å². The molecule has 1 heterocycles. The van der Waals surface area contributed by atoms with E-state index in [0.29, 0.717) is 0 Å². The van der Waals surface area contributed by atoms with E-state index in [-0.39, 0.29) is 6.04 Å². The van der Waals surface area contributed by atoms with Gasteiger partial charge in [0.1, 0.15) is 0 Å². The van der Waals surface area contributed by atoms with E-state index in [4.69, 9.17) is 23.2 Å². The number of hydrogen-bond acceptors (Lipinski definition) is 2. The SMILES string of the molecule is CCCNC(c1cc(Cl)c(Br)s1)c1ccc(Cl)cc1Br. The lowest BCUT2D eigenvalue weighted by Gasteiger charge is -2.19. The predicted octanol–water partition coefficient (Wildman–Crippen LogP) is 6.67. The van der Waals surface area contributed by atoms with Gasteiger partial charge in [0.25, 0.3) is 0 Å². The molecule has 20 heavy (non-hydrogen) atoms. The molecule has 1 aromatic heterocycles. The van der Waals surface area contributed by atoms with Crippen LogP contribution in [-0.2, 0) is 0 Å². The molecular formula is C14H13Br2Cl2NS. The first-order chi connectivity index (χ1) is 9.52. The molecule has 2 aromatic rings. The first-order valence-corrected chi connectivity index (χ1v) is 9.31. The topological polar surface area (TPSA) is 12.0 Å². The summed E-state index contributed by atoms with van der Waals surface area (Å²) in [4.78, 5) is 1.18. The van der Waals surface area contributed by atoms with E-state index >= 15 is 0 Å². The van der Waals surface area contributed by atoms with E-state index in [1.807, 2.05) is 24.3 Å². The fourth-order valence-corrected chi connectivity index (χ4v) is 4.65. The number of halogens is 4. The first-order valence-electron chi connectivity index (χ1n) is 6.16. The molecule has 0 aliphatic carbocycles. The molecule has 0 amide bonds. The molecule has 6 heteroatoms. The van der Waals surface area contributed by atoms with Gasteiger partial charge >= 0.3 is 0 Å². The maximum atomic E-state index is 6.16. The Morgan fingerprint density at radius 1 is 1.25 bits per heavy atom. The minimum atomic E-state index is 0.107. The average Bonchev–Trinajstić information content (AvgIpc) is 2.72. The van der Waals surface area contributed by atoms with Crippen LogP contribution in [0.25, 0.3) is 0 Å². The van der Waals surface area contributed by atoms with Crippen LogP contribution >= 0.6 is 66.4 Å². The van der Waals surface area contributed by atoms with E-state index in [9.17, 15) is 0 Å². The van der Waals surface area contributed by atoms with Crippen LogP contribution in [0.2, 0.25) is 10.0 Å². The molecule has 0 aliphatic rings. The number of rotatable bonds is 5. The van der Waals surface area contributed by atoms with Crippen molar-refractivity contribution < 1.29 is 0 Å². The molecular weight excluding hydrogens is 445 g/mol. The molecule has 1 unspecified atom stereocenters. The molecule has 0 fully saturated rings. The van der Waals surface area contributed by atoms with E-state index in [1.54, 1.807) is 11.3 Å². The molecule has 0 aliphatic heterocycles. The van der Waals surface area contributed by atoms with E-state index in [2.05, 4.69) is 44.1 Å². The highest BCUT2D eigenvalue weighted by atomic mass is 79.9. The van der Waals surface area contributed by atoms with Crippen molar-refractivity contribution in [3.05, 3.63) is 53.0 Å². The molecule has 0 bridgehead atoms. The van der Waals surface area contributed by atoms with Crippen molar-refractivity contribution >= 4 is 66.4 Å². The van der Waals surface area contributed by atoms with Gasteiger partial charge in [0, 0.05) is 14.4 Å². The summed E-state index contributed by atoms with van der Waals surface area (Å²) in [5.74, 6) is 0. The zero-order valence-electron chi connectivity index (χ0n) is 10.7. The minimum Gasteiger partial charge on any atom is -0.306 e. The molecule has 1 aromatic carbocycles. The smallest absolute Gasteiger partial charge is 0.0888 e. The summed E-state index contributed by atoms with van der Waals surface area (Å²) in [5.41, 5.74) is 1.16. The highest BCUT2D eigenvalue weighted by Gasteiger charge is 2.19. The molecule has 1 nitrogen and oxygen atoms in total. The number of nitrogens with one attached hydrogen (secondary N) is 1. The maximum Gasteiger partial charge on any atom is 0.0888 e. The van der Waals surface area contributed by atoms with Crippen molar-refractivity contribution in [2.24, 2.45) is 0 Å². The maximum absolute atomic E-state index is 6.16. The predicted molar refractivity (Wildman–Crippen MR) is 96.3 cm³/mol. The molecule has 1 atom stereocenters. The van der Waals surface area contributed by atoms with Crippen LogP contribution in [0.5, 0.6) is 0 Å². The average molecular weight is 458 g/mol. The highest BCUT2D eigenvalue weighted by molar-refractivity contribution is 9.11. The number of hydrogen-bond donors (Lipinski definition) is 1. The number of thiophene rings is 1. The van der Waals surface area contributed by atoms with Crippen LogP contribution < -0.4 is 5.32 Å². The van der Waals surface area contributed by atoms with Gasteiger partial charge in [-0.3, -0.25) is 0 Å². The Balaban J connectivity index is 2.41. The van der Waals surface area contributed by atoms with Gasteiger partial charge in [-0.1, -0.05) is 52.1 Å². The van der Waals surface area contributed by atoms with Crippen LogP contribution in [0.15, 0.2) is 32.5 Å². The molecule has 1 N–H and O–H groups in total. The van der Waals surface area contributed by atoms with Crippen LogP contribution in [0.4, 0.5) is 0 Å². The van der Waals surface area contributed by atoms with Gasteiger partial charge in [0.05, 0.1) is 14.9 Å². The summed E-state index contributed by atoms with van der Waals surface area (Å²) in [6.45, 7) is 3.09. The normalized spacial score (nSPS) is 12.7. The van der Waals surface area contributed by atoms with Crippen LogP contribution in [-0.4, -0.2) is 6.54 Å². The largest absolute Gasteiger partial charge is 0.306 e. The van der Waals surface area contributed by atoms with Crippen molar-refractivity contribution in [1.29, 1.82) is 0 Å². The third-order valence-corrected chi connectivity index (χ3v) is 6.28. The minimum absolute atomic E-state index is 0.107. The summed E-state index contributed by atoms with van der Waals surface area (Å²) < 4.78 is 1.96. The lowest BCUT2D eigenvalue weighted by atomic mass is 10.1. The zero-order chi connectivity index (χ0) is 14.7. The van der Waals surface area contributed by atoms with E-state index in [1.165, 1.54) is 4.88 Å². The van der Waals surface area contributed by atoms with Crippen LogP contribution in [0, 0.1) is 0 Å².